The highest BCUT2D eigenvalue weighted by atomic mass is 28.4. The standard InChI is InChI=1S/C23H50O4Si3/c1-19(24)20-13-15-21(16-14-20)27-30(12,17-25-28(8,9)22(2,3)4)18-26-29(10,11)23(5,6)7/h21,24H,13-18H2,1-12H3. The minimum absolute atomic E-state index is 0.186. The molecule has 1 aliphatic carbocycles. The Morgan fingerprint density at radius 1 is 0.833 bits per heavy atom. The van der Waals surface area contributed by atoms with Gasteiger partial charge in [0, 0.05) is 6.10 Å². The Morgan fingerprint density at radius 2 is 1.20 bits per heavy atom. The Labute approximate surface area is 190 Å². The summed E-state index contributed by atoms with van der Waals surface area (Å²) in [6.45, 7) is 27.1. The van der Waals surface area contributed by atoms with E-state index >= 15 is 0 Å². The molecule has 30 heavy (non-hydrogen) atoms. The second-order valence-corrected chi connectivity index (χ2v) is 25.9. The molecular formula is C23H50O4Si3. The van der Waals surface area contributed by atoms with Crippen molar-refractivity contribution in [2.45, 2.75) is 123 Å². The molecule has 0 radical (unpaired) electrons. The fraction of sp³-hybridized carbons (Fsp3) is 0.913. The monoisotopic (exact) mass is 474 g/mol. The van der Waals surface area contributed by atoms with Crippen LogP contribution in [0.3, 0.4) is 0 Å². The Kier molecular flexibility index (Phi) is 9.29. The predicted molar refractivity (Wildman–Crippen MR) is 137 cm³/mol. The lowest BCUT2D eigenvalue weighted by atomic mass is 9.92. The van der Waals surface area contributed by atoms with Crippen LogP contribution in [0.15, 0.2) is 11.3 Å². The van der Waals surface area contributed by atoms with Gasteiger partial charge in [-0.25, -0.2) is 0 Å². The molecule has 1 fully saturated rings. The first-order valence-corrected chi connectivity index (χ1v) is 20.3. The maximum atomic E-state index is 9.81. The third-order valence-electron chi connectivity index (χ3n) is 7.59. The summed E-state index contributed by atoms with van der Waals surface area (Å²) in [4.78, 5) is 0. The molecule has 4 nitrogen and oxygen atoms in total. The summed E-state index contributed by atoms with van der Waals surface area (Å²) < 4.78 is 20.2. The first kappa shape index (κ1) is 28.1. The minimum Gasteiger partial charge on any atom is -0.513 e. The van der Waals surface area contributed by atoms with E-state index in [1.807, 2.05) is 0 Å². The molecule has 178 valence electrons. The minimum atomic E-state index is -2.22. The molecule has 0 aromatic heterocycles. The van der Waals surface area contributed by atoms with Crippen LogP contribution < -0.4 is 0 Å². The fourth-order valence-electron chi connectivity index (χ4n) is 3.03. The molecule has 1 saturated carbocycles. The highest BCUT2D eigenvalue weighted by molar-refractivity contribution is 6.79. The van der Waals surface area contributed by atoms with Crippen molar-refractivity contribution >= 4 is 25.0 Å². The number of rotatable bonds is 8. The van der Waals surface area contributed by atoms with Gasteiger partial charge in [-0.2, -0.15) is 0 Å². The van der Waals surface area contributed by atoms with Gasteiger partial charge in [-0.3, -0.25) is 0 Å². The van der Waals surface area contributed by atoms with Crippen LogP contribution in [0.4, 0.5) is 0 Å². The van der Waals surface area contributed by atoms with Gasteiger partial charge < -0.3 is 18.4 Å². The molecule has 1 rings (SSSR count). The van der Waals surface area contributed by atoms with E-state index in [2.05, 4.69) is 74.3 Å². The topological polar surface area (TPSA) is 47.9 Å². The third kappa shape index (κ3) is 7.89. The molecule has 0 amide bonds. The zero-order valence-corrected chi connectivity index (χ0v) is 25.0. The van der Waals surface area contributed by atoms with E-state index in [1.165, 1.54) is 5.57 Å². The molecular weight excluding hydrogens is 425 g/mol. The molecule has 1 aliphatic rings. The quantitative estimate of drug-likeness (QED) is 0.292. The summed E-state index contributed by atoms with van der Waals surface area (Å²) in [5, 5.41) is 10.2. The molecule has 0 unspecified atom stereocenters. The molecule has 0 spiro atoms. The van der Waals surface area contributed by atoms with Gasteiger partial charge >= 0.3 is 0 Å². The summed E-state index contributed by atoms with van der Waals surface area (Å²) in [5.74, 6) is 0.496. The number of allylic oxidation sites excluding steroid dienone is 2. The molecule has 0 aromatic rings. The maximum absolute atomic E-state index is 9.81. The summed E-state index contributed by atoms with van der Waals surface area (Å²) in [6.07, 6.45) is 5.49. The fourth-order valence-corrected chi connectivity index (χ4v) is 10.5. The molecule has 0 aromatic carbocycles. The van der Waals surface area contributed by atoms with Gasteiger partial charge in [0.2, 0.25) is 8.32 Å². The zero-order chi connectivity index (χ0) is 23.6. The van der Waals surface area contributed by atoms with Crippen LogP contribution in [0.2, 0.25) is 42.8 Å². The Balaban J connectivity index is 2.94. The van der Waals surface area contributed by atoms with E-state index in [-0.39, 0.29) is 16.2 Å². The first-order valence-electron chi connectivity index (χ1n) is 11.6. The Morgan fingerprint density at radius 3 is 1.50 bits per heavy atom. The molecule has 0 saturated heterocycles. The van der Waals surface area contributed by atoms with E-state index in [0.717, 1.165) is 25.7 Å². The predicted octanol–water partition coefficient (Wildman–Crippen LogP) is 7.47. The van der Waals surface area contributed by atoms with Crippen molar-refractivity contribution in [2.24, 2.45) is 0 Å². The molecule has 0 atom stereocenters. The van der Waals surface area contributed by atoms with Gasteiger partial charge in [-0.1, -0.05) is 41.5 Å². The van der Waals surface area contributed by atoms with Crippen LogP contribution in [0.5, 0.6) is 0 Å². The molecule has 1 N–H and O–H groups in total. The summed E-state index contributed by atoms with van der Waals surface area (Å²) in [7, 11) is -5.91. The number of aliphatic hydroxyl groups is 1. The largest absolute Gasteiger partial charge is 0.513 e. The van der Waals surface area contributed by atoms with Gasteiger partial charge in [-0.15, -0.1) is 0 Å². The van der Waals surface area contributed by atoms with Crippen molar-refractivity contribution in [1.82, 2.24) is 0 Å². The van der Waals surface area contributed by atoms with E-state index in [1.54, 1.807) is 6.92 Å². The zero-order valence-electron chi connectivity index (χ0n) is 22.0. The Hall–Kier alpha value is 0.0706. The molecule has 0 aliphatic heterocycles. The lowest BCUT2D eigenvalue weighted by Gasteiger charge is -2.43. The molecule has 0 heterocycles. The van der Waals surface area contributed by atoms with Crippen molar-refractivity contribution in [2.75, 3.05) is 12.5 Å². The average Bonchev–Trinajstić information content (AvgIpc) is 2.57. The van der Waals surface area contributed by atoms with Crippen molar-refractivity contribution < 1.29 is 18.4 Å². The molecule has 7 heteroatoms. The van der Waals surface area contributed by atoms with Gasteiger partial charge in [0.15, 0.2) is 16.6 Å². The van der Waals surface area contributed by atoms with E-state index in [9.17, 15) is 5.11 Å². The second kappa shape index (κ2) is 9.91. The maximum Gasteiger partial charge on any atom is 0.237 e. The summed E-state index contributed by atoms with van der Waals surface area (Å²) in [6, 6.07) is 0. The lowest BCUT2D eigenvalue weighted by molar-refractivity contribution is 0.132. The van der Waals surface area contributed by atoms with Crippen molar-refractivity contribution in [3.8, 4) is 0 Å². The smallest absolute Gasteiger partial charge is 0.237 e. The van der Waals surface area contributed by atoms with Crippen molar-refractivity contribution in [1.29, 1.82) is 0 Å². The van der Waals surface area contributed by atoms with Gasteiger partial charge in [0.05, 0.1) is 18.2 Å². The Bertz CT molecular complexity index is 557. The highest BCUT2D eigenvalue weighted by Gasteiger charge is 2.44. The van der Waals surface area contributed by atoms with Crippen molar-refractivity contribution in [3.05, 3.63) is 11.3 Å². The summed E-state index contributed by atoms with van der Waals surface area (Å²) in [5.41, 5.74) is 1.19. The number of hydrogen-bond donors (Lipinski definition) is 1. The first-order chi connectivity index (χ1) is 13.3. The van der Waals surface area contributed by atoms with Crippen molar-refractivity contribution in [3.63, 3.8) is 0 Å². The number of hydrogen-bond acceptors (Lipinski definition) is 4. The van der Waals surface area contributed by atoms with Gasteiger partial charge in [0.1, 0.15) is 0 Å². The highest BCUT2D eigenvalue weighted by Crippen LogP contribution is 2.39. The normalized spacial score (nSPS) is 19.9. The van der Waals surface area contributed by atoms with Gasteiger partial charge in [0.25, 0.3) is 0 Å². The van der Waals surface area contributed by atoms with E-state index in [0.29, 0.717) is 18.2 Å². The lowest BCUT2D eigenvalue weighted by Crippen LogP contribution is -2.56. The van der Waals surface area contributed by atoms with Crippen LogP contribution in [0, 0.1) is 0 Å². The third-order valence-corrected chi connectivity index (χ3v) is 19.5. The van der Waals surface area contributed by atoms with Gasteiger partial charge in [-0.05, 0) is 81.0 Å². The van der Waals surface area contributed by atoms with Crippen LogP contribution in [-0.2, 0) is 13.3 Å². The van der Waals surface area contributed by atoms with Crippen LogP contribution >= 0.6 is 0 Å². The van der Waals surface area contributed by atoms with Crippen LogP contribution in [0.25, 0.3) is 0 Å². The summed E-state index contributed by atoms with van der Waals surface area (Å²) >= 11 is 0. The van der Waals surface area contributed by atoms with E-state index < -0.39 is 25.0 Å². The SMILES string of the molecule is CC(O)=C1CCC(O[Si](C)(CO[Si](C)(C)C(C)(C)C)CO[Si](C)(C)C(C)(C)C)CC1. The second-order valence-electron chi connectivity index (χ2n) is 12.6. The van der Waals surface area contributed by atoms with Crippen LogP contribution in [-0.4, -0.2) is 48.6 Å². The van der Waals surface area contributed by atoms with Crippen LogP contribution in [0.1, 0.15) is 74.1 Å². The molecule has 0 bridgehead atoms. The van der Waals surface area contributed by atoms with E-state index in [4.69, 9.17) is 13.3 Å². The average molecular weight is 475 g/mol. The number of aliphatic hydroxyl groups excluding tert-OH is 1.